The SMILES string of the molecule is CC1CN(CC2CCN(CC(=O)Nc3cccc(F)c3)CC2)CC(C)O1. The number of amides is 1. The Balaban J connectivity index is 1.39. The van der Waals surface area contributed by atoms with Crippen molar-refractivity contribution in [3.05, 3.63) is 30.1 Å². The molecule has 1 N–H and O–H groups in total. The molecule has 0 saturated carbocycles. The van der Waals surface area contributed by atoms with Gasteiger partial charge in [0.1, 0.15) is 5.82 Å². The van der Waals surface area contributed by atoms with E-state index in [1.54, 1.807) is 12.1 Å². The van der Waals surface area contributed by atoms with E-state index in [4.69, 9.17) is 4.74 Å². The normalized spacial score (nSPS) is 26.0. The molecule has 1 aromatic rings. The van der Waals surface area contributed by atoms with Gasteiger partial charge in [0.2, 0.25) is 5.91 Å². The molecule has 144 valence electrons. The Morgan fingerprint density at radius 1 is 1.19 bits per heavy atom. The summed E-state index contributed by atoms with van der Waals surface area (Å²) in [7, 11) is 0. The number of likely N-dealkylation sites (tertiary alicyclic amines) is 1. The first-order chi connectivity index (χ1) is 12.5. The van der Waals surface area contributed by atoms with Crippen LogP contribution >= 0.6 is 0 Å². The number of morpholine rings is 1. The summed E-state index contributed by atoms with van der Waals surface area (Å²) in [5.41, 5.74) is 0.514. The van der Waals surface area contributed by atoms with E-state index in [1.165, 1.54) is 12.1 Å². The van der Waals surface area contributed by atoms with Crippen molar-refractivity contribution in [3.8, 4) is 0 Å². The summed E-state index contributed by atoms with van der Waals surface area (Å²) in [6, 6.07) is 6.02. The summed E-state index contributed by atoms with van der Waals surface area (Å²) in [6.07, 6.45) is 2.86. The minimum absolute atomic E-state index is 0.0788. The van der Waals surface area contributed by atoms with Gasteiger partial charge in [0.25, 0.3) is 0 Å². The van der Waals surface area contributed by atoms with Gasteiger partial charge in [0, 0.05) is 25.3 Å². The molecular weight excluding hydrogens is 333 g/mol. The molecular formula is C20H30FN3O2. The summed E-state index contributed by atoms with van der Waals surface area (Å²) in [5.74, 6) is 0.273. The molecule has 0 radical (unpaired) electrons. The molecule has 5 nitrogen and oxygen atoms in total. The van der Waals surface area contributed by atoms with Crippen LogP contribution in [0.1, 0.15) is 26.7 Å². The van der Waals surface area contributed by atoms with Gasteiger partial charge >= 0.3 is 0 Å². The van der Waals surface area contributed by atoms with Gasteiger partial charge < -0.3 is 10.1 Å². The molecule has 6 heteroatoms. The van der Waals surface area contributed by atoms with E-state index in [0.717, 1.165) is 45.6 Å². The van der Waals surface area contributed by atoms with Crippen molar-refractivity contribution in [2.75, 3.05) is 44.6 Å². The van der Waals surface area contributed by atoms with Crippen LogP contribution in [0.25, 0.3) is 0 Å². The van der Waals surface area contributed by atoms with Crippen LogP contribution in [0, 0.1) is 11.7 Å². The average molecular weight is 363 g/mol. The van der Waals surface area contributed by atoms with E-state index in [-0.39, 0.29) is 11.7 Å². The molecule has 2 saturated heterocycles. The fourth-order valence-corrected chi connectivity index (χ4v) is 4.10. The molecule has 2 heterocycles. The highest BCUT2D eigenvalue weighted by Gasteiger charge is 2.27. The molecule has 2 atom stereocenters. The number of halogens is 1. The van der Waals surface area contributed by atoms with Crippen LogP contribution in [0.3, 0.4) is 0 Å². The van der Waals surface area contributed by atoms with Gasteiger partial charge in [-0.1, -0.05) is 6.07 Å². The molecule has 2 aliphatic rings. The highest BCUT2D eigenvalue weighted by atomic mass is 19.1. The number of rotatable bonds is 5. The molecule has 26 heavy (non-hydrogen) atoms. The molecule has 0 spiro atoms. The second kappa shape index (κ2) is 8.93. The zero-order valence-corrected chi connectivity index (χ0v) is 15.8. The Bertz CT molecular complexity index is 594. The number of benzene rings is 1. The lowest BCUT2D eigenvalue weighted by molar-refractivity contribution is -0.117. The van der Waals surface area contributed by atoms with E-state index >= 15 is 0 Å². The van der Waals surface area contributed by atoms with E-state index < -0.39 is 0 Å². The monoisotopic (exact) mass is 363 g/mol. The lowest BCUT2D eigenvalue weighted by Crippen LogP contribution is -2.48. The van der Waals surface area contributed by atoms with Gasteiger partial charge in [0.05, 0.1) is 18.8 Å². The standard InChI is InChI=1S/C20H30FN3O2/c1-15-11-24(12-16(2)26-15)13-17-6-8-23(9-7-17)14-20(25)22-19-5-3-4-18(21)10-19/h3-5,10,15-17H,6-9,11-14H2,1-2H3,(H,22,25). The number of carbonyl (C=O) groups excluding carboxylic acids is 1. The largest absolute Gasteiger partial charge is 0.373 e. The number of anilines is 1. The Labute approximate surface area is 155 Å². The van der Waals surface area contributed by atoms with Crippen LogP contribution in [0.4, 0.5) is 10.1 Å². The number of hydrogen-bond acceptors (Lipinski definition) is 4. The molecule has 0 bridgehead atoms. The maximum atomic E-state index is 13.2. The van der Waals surface area contributed by atoms with Crippen molar-refractivity contribution in [2.24, 2.45) is 5.92 Å². The maximum Gasteiger partial charge on any atom is 0.238 e. The van der Waals surface area contributed by atoms with Gasteiger partial charge in [-0.2, -0.15) is 0 Å². The number of carbonyl (C=O) groups is 1. The number of nitrogens with one attached hydrogen (secondary N) is 1. The predicted molar refractivity (Wildman–Crippen MR) is 101 cm³/mol. The van der Waals surface area contributed by atoms with E-state index in [1.807, 2.05) is 0 Å². The third-order valence-corrected chi connectivity index (χ3v) is 5.19. The molecule has 1 amide bonds. The first-order valence-corrected chi connectivity index (χ1v) is 9.63. The van der Waals surface area contributed by atoms with Crippen molar-refractivity contribution >= 4 is 11.6 Å². The van der Waals surface area contributed by atoms with Gasteiger partial charge in [-0.15, -0.1) is 0 Å². The number of piperidine rings is 1. The lowest BCUT2D eigenvalue weighted by atomic mass is 9.95. The summed E-state index contributed by atoms with van der Waals surface area (Å²) < 4.78 is 19.0. The van der Waals surface area contributed by atoms with Crippen LogP contribution in [0.5, 0.6) is 0 Å². The van der Waals surface area contributed by atoms with Crippen molar-refractivity contribution in [1.29, 1.82) is 0 Å². The zero-order chi connectivity index (χ0) is 18.5. The quantitative estimate of drug-likeness (QED) is 0.873. The fourth-order valence-electron chi connectivity index (χ4n) is 4.10. The Morgan fingerprint density at radius 2 is 1.88 bits per heavy atom. The third kappa shape index (κ3) is 5.76. The highest BCUT2D eigenvalue weighted by molar-refractivity contribution is 5.92. The average Bonchev–Trinajstić information content (AvgIpc) is 2.55. The second-order valence-corrected chi connectivity index (χ2v) is 7.75. The molecule has 1 aromatic carbocycles. The number of nitrogens with zero attached hydrogens (tertiary/aromatic N) is 2. The van der Waals surface area contributed by atoms with E-state index in [9.17, 15) is 9.18 Å². The van der Waals surface area contributed by atoms with E-state index in [0.29, 0.717) is 30.4 Å². The van der Waals surface area contributed by atoms with Crippen molar-refractivity contribution < 1.29 is 13.9 Å². The summed E-state index contributed by atoms with van der Waals surface area (Å²) >= 11 is 0. The summed E-state index contributed by atoms with van der Waals surface area (Å²) in [4.78, 5) is 16.9. The van der Waals surface area contributed by atoms with Crippen LogP contribution in [0.2, 0.25) is 0 Å². The van der Waals surface area contributed by atoms with Crippen LogP contribution in [-0.2, 0) is 9.53 Å². The molecule has 2 fully saturated rings. The second-order valence-electron chi connectivity index (χ2n) is 7.75. The number of hydrogen-bond donors (Lipinski definition) is 1. The molecule has 2 unspecified atom stereocenters. The Kier molecular flexibility index (Phi) is 6.62. The van der Waals surface area contributed by atoms with Gasteiger partial charge in [-0.3, -0.25) is 14.6 Å². The van der Waals surface area contributed by atoms with Crippen LogP contribution in [0.15, 0.2) is 24.3 Å². The Morgan fingerprint density at radius 3 is 2.54 bits per heavy atom. The number of ether oxygens (including phenoxy) is 1. The highest BCUT2D eigenvalue weighted by Crippen LogP contribution is 2.21. The third-order valence-electron chi connectivity index (χ3n) is 5.19. The van der Waals surface area contributed by atoms with Gasteiger partial charge in [0.15, 0.2) is 0 Å². The molecule has 0 aliphatic carbocycles. The van der Waals surface area contributed by atoms with Gasteiger partial charge in [-0.25, -0.2) is 4.39 Å². The predicted octanol–water partition coefficient (Wildman–Crippen LogP) is 2.59. The van der Waals surface area contributed by atoms with Crippen molar-refractivity contribution in [2.45, 2.75) is 38.9 Å². The smallest absolute Gasteiger partial charge is 0.238 e. The molecule has 0 aromatic heterocycles. The van der Waals surface area contributed by atoms with Crippen LogP contribution in [-0.4, -0.2) is 67.2 Å². The minimum Gasteiger partial charge on any atom is -0.373 e. The lowest BCUT2D eigenvalue weighted by Gasteiger charge is -2.39. The first kappa shape index (κ1) is 19.3. The molecule has 3 rings (SSSR count). The maximum absolute atomic E-state index is 13.2. The summed E-state index contributed by atoms with van der Waals surface area (Å²) in [5, 5.41) is 2.77. The van der Waals surface area contributed by atoms with Crippen LogP contribution < -0.4 is 5.32 Å². The topological polar surface area (TPSA) is 44.8 Å². The van der Waals surface area contributed by atoms with Gasteiger partial charge in [-0.05, 0) is 63.9 Å². The fraction of sp³-hybridized carbons (Fsp3) is 0.650. The summed E-state index contributed by atoms with van der Waals surface area (Å²) in [6.45, 7) is 9.69. The Hall–Kier alpha value is -1.50. The first-order valence-electron chi connectivity index (χ1n) is 9.63. The zero-order valence-electron chi connectivity index (χ0n) is 15.8. The van der Waals surface area contributed by atoms with E-state index in [2.05, 4.69) is 29.0 Å². The van der Waals surface area contributed by atoms with Crippen molar-refractivity contribution in [1.82, 2.24) is 9.80 Å². The minimum atomic E-state index is -0.338. The van der Waals surface area contributed by atoms with Crippen molar-refractivity contribution in [3.63, 3.8) is 0 Å². The molecule has 2 aliphatic heterocycles.